The van der Waals surface area contributed by atoms with Crippen LogP contribution in [0.1, 0.15) is 77.0 Å². The Morgan fingerprint density at radius 1 is 1.08 bits per heavy atom. The van der Waals surface area contributed by atoms with Crippen LogP contribution in [-0.4, -0.2) is 41.6 Å². The third-order valence-electron chi connectivity index (χ3n) is 5.78. The van der Waals surface area contributed by atoms with E-state index in [2.05, 4.69) is 4.99 Å². The maximum atomic E-state index is 12.3. The Kier molecular flexibility index (Phi) is 8.03. The quantitative estimate of drug-likeness (QED) is 0.577. The first kappa shape index (κ1) is 19.2. The van der Waals surface area contributed by atoms with Gasteiger partial charge in [-0.1, -0.05) is 44.9 Å². The minimum atomic E-state index is -0.144. The molecule has 2 rings (SSSR count). The van der Waals surface area contributed by atoms with Gasteiger partial charge < -0.3 is 10.8 Å². The molecule has 0 unspecified atom stereocenters. The maximum absolute atomic E-state index is 12.3. The van der Waals surface area contributed by atoms with Crippen molar-refractivity contribution in [3.8, 4) is 0 Å². The highest BCUT2D eigenvalue weighted by atomic mass is 16.3. The van der Waals surface area contributed by atoms with Crippen molar-refractivity contribution < 1.29 is 9.90 Å². The third-order valence-corrected chi connectivity index (χ3v) is 5.78. The van der Waals surface area contributed by atoms with Crippen molar-refractivity contribution in [1.82, 2.24) is 4.90 Å². The predicted molar refractivity (Wildman–Crippen MR) is 97.7 cm³/mol. The second-order valence-electron chi connectivity index (χ2n) is 7.71. The van der Waals surface area contributed by atoms with E-state index in [-0.39, 0.29) is 12.0 Å². The number of rotatable bonds is 6. The van der Waals surface area contributed by atoms with Crippen molar-refractivity contribution in [3.63, 3.8) is 0 Å². The minimum absolute atomic E-state index is 0.0786. The first-order chi connectivity index (χ1) is 11.6. The molecule has 0 aromatic carbocycles. The Bertz CT molecular complexity index is 419. The van der Waals surface area contributed by atoms with Gasteiger partial charge >= 0.3 is 0 Å². The number of hydrogen-bond donors (Lipinski definition) is 2. The maximum Gasteiger partial charge on any atom is 0.229 e. The highest BCUT2D eigenvalue weighted by Gasteiger charge is 2.20. The highest BCUT2D eigenvalue weighted by molar-refractivity contribution is 5.95. The summed E-state index contributed by atoms with van der Waals surface area (Å²) >= 11 is 0. The average Bonchev–Trinajstić information content (AvgIpc) is 2.60. The number of aliphatic hydroxyl groups excluding tert-OH is 1. The molecule has 0 radical (unpaired) electrons. The van der Waals surface area contributed by atoms with Crippen LogP contribution in [0.3, 0.4) is 0 Å². The lowest BCUT2D eigenvalue weighted by atomic mass is 9.85. The summed E-state index contributed by atoms with van der Waals surface area (Å²) < 4.78 is 0. The molecule has 1 amide bonds. The normalized spacial score (nSPS) is 26.3. The van der Waals surface area contributed by atoms with Crippen LogP contribution in [0.5, 0.6) is 0 Å². The second-order valence-corrected chi connectivity index (χ2v) is 7.71. The number of nitrogens with zero attached hydrogens (tertiary/aromatic N) is 2. The number of aliphatic hydroxyl groups is 1. The summed E-state index contributed by atoms with van der Waals surface area (Å²) in [5.74, 6) is 1.67. The molecule has 0 aliphatic heterocycles. The predicted octanol–water partition coefficient (Wildman–Crippen LogP) is 3.06. The minimum Gasteiger partial charge on any atom is -0.393 e. The summed E-state index contributed by atoms with van der Waals surface area (Å²) in [5.41, 5.74) is 5.98. The van der Waals surface area contributed by atoms with E-state index in [9.17, 15) is 9.90 Å². The Hall–Kier alpha value is -1.10. The molecule has 5 nitrogen and oxygen atoms in total. The molecule has 0 aromatic heterocycles. The molecule has 5 heteroatoms. The molecule has 3 N–H and O–H groups in total. The van der Waals surface area contributed by atoms with E-state index in [4.69, 9.17) is 5.73 Å². The van der Waals surface area contributed by atoms with Crippen LogP contribution in [0.25, 0.3) is 0 Å². The van der Waals surface area contributed by atoms with Crippen molar-refractivity contribution in [2.24, 2.45) is 22.6 Å². The average molecular weight is 338 g/mol. The molecule has 0 saturated heterocycles. The number of carbonyl (C=O) groups is 1. The van der Waals surface area contributed by atoms with Gasteiger partial charge in [0.25, 0.3) is 0 Å². The van der Waals surface area contributed by atoms with Gasteiger partial charge in [-0.2, -0.15) is 0 Å². The number of nitrogens with two attached hydrogens (primary N) is 1. The molecule has 2 aliphatic carbocycles. The summed E-state index contributed by atoms with van der Waals surface area (Å²) in [6, 6.07) is 0. The molecule has 2 saturated carbocycles. The van der Waals surface area contributed by atoms with E-state index in [1.165, 1.54) is 43.4 Å². The molecule has 0 heterocycles. The molecule has 24 heavy (non-hydrogen) atoms. The van der Waals surface area contributed by atoms with Gasteiger partial charge in [0.05, 0.1) is 6.10 Å². The van der Waals surface area contributed by atoms with Crippen LogP contribution in [0.2, 0.25) is 0 Å². The number of aliphatic imine (C=N–C) groups is 1. The van der Waals surface area contributed by atoms with E-state index in [0.717, 1.165) is 32.1 Å². The fourth-order valence-corrected chi connectivity index (χ4v) is 4.09. The first-order valence-corrected chi connectivity index (χ1v) is 9.80. The zero-order valence-electron chi connectivity index (χ0n) is 15.3. The third kappa shape index (κ3) is 6.42. The zero-order valence-corrected chi connectivity index (χ0v) is 15.3. The zero-order chi connectivity index (χ0) is 17.4. The van der Waals surface area contributed by atoms with Gasteiger partial charge in [-0.3, -0.25) is 14.7 Å². The molecular formula is C19H35N3O2. The molecular weight excluding hydrogens is 302 g/mol. The van der Waals surface area contributed by atoms with E-state index in [0.29, 0.717) is 30.8 Å². The molecule has 2 aliphatic rings. The van der Waals surface area contributed by atoms with Crippen molar-refractivity contribution in [2.75, 3.05) is 13.6 Å². The lowest BCUT2D eigenvalue weighted by Gasteiger charge is -2.25. The summed E-state index contributed by atoms with van der Waals surface area (Å²) in [4.78, 5) is 18.2. The van der Waals surface area contributed by atoms with Crippen LogP contribution in [-0.2, 0) is 4.79 Å². The number of hydrogen-bond acceptors (Lipinski definition) is 3. The topological polar surface area (TPSA) is 78.9 Å². The van der Waals surface area contributed by atoms with E-state index in [1.807, 2.05) is 0 Å². The highest BCUT2D eigenvalue weighted by Crippen LogP contribution is 2.28. The molecule has 0 aromatic rings. The number of amides is 1. The monoisotopic (exact) mass is 337 g/mol. The van der Waals surface area contributed by atoms with Crippen LogP contribution in [0.15, 0.2) is 4.99 Å². The van der Waals surface area contributed by atoms with Crippen LogP contribution in [0.4, 0.5) is 0 Å². The molecule has 2 fully saturated rings. The number of carbonyl (C=O) groups excluding carboxylic acids is 1. The van der Waals surface area contributed by atoms with Crippen LogP contribution < -0.4 is 5.73 Å². The first-order valence-electron chi connectivity index (χ1n) is 9.80. The molecule has 0 bridgehead atoms. The molecule has 0 spiro atoms. The standard InChI is InChI=1S/C19H35N3O2/c1-22(18(24)11-10-15-6-3-2-4-7-15)19(20)21-13-12-16-8-5-9-17(23)14-16/h15-17,23H,2-14H2,1H3,(H2,20,21)/t16-,17+/m1/s1. The van der Waals surface area contributed by atoms with Crippen LogP contribution in [0, 0.1) is 11.8 Å². The Balaban J connectivity index is 1.67. The van der Waals surface area contributed by atoms with E-state index in [1.54, 1.807) is 7.05 Å². The number of guanidine groups is 1. The SMILES string of the molecule is CN(C(=O)CCC1CCCCC1)C(N)=NCC[C@H]1CCC[C@H](O)C1. The molecule has 138 valence electrons. The summed E-state index contributed by atoms with van der Waals surface area (Å²) in [7, 11) is 1.73. The Morgan fingerprint density at radius 2 is 1.79 bits per heavy atom. The van der Waals surface area contributed by atoms with Crippen molar-refractivity contribution in [2.45, 2.75) is 83.2 Å². The fourth-order valence-electron chi connectivity index (χ4n) is 4.09. The Labute approximate surface area is 146 Å². The van der Waals surface area contributed by atoms with Gasteiger partial charge in [0, 0.05) is 20.0 Å². The smallest absolute Gasteiger partial charge is 0.229 e. The van der Waals surface area contributed by atoms with Gasteiger partial charge in [-0.25, -0.2) is 0 Å². The van der Waals surface area contributed by atoms with E-state index >= 15 is 0 Å². The van der Waals surface area contributed by atoms with Crippen molar-refractivity contribution >= 4 is 11.9 Å². The summed E-state index contributed by atoms with van der Waals surface area (Å²) in [6.07, 6.45) is 13.0. The largest absolute Gasteiger partial charge is 0.393 e. The van der Waals surface area contributed by atoms with Gasteiger partial charge in [-0.05, 0) is 37.5 Å². The molecule has 2 atom stereocenters. The van der Waals surface area contributed by atoms with Gasteiger partial charge in [0.2, 0.25) is 5.91 Å². The lowest BCUT2D eigenvalue weighted by Crippen LogP contribution is -2.39. The van der Waals surface area contributed by atoms with Crippen molar-refractivity contribution in [1.29, 1.82) is 0 Å². The van der Waals surface area contributed by atoms with Crippen LogP contribution >= 0.6 is 0 Å². The second kappa shape index (κ2) is 10.0. The summed E-state index contributed by atoms with van der Waals surface area (Å²) in [5, 5.41) is 9.70. The lowest BCUT2D eigenvalue weighted by molar-refractivity contribution is -0.126. The van der Waals surface area contributed by atoms with E-state index < -0.39 is 0 Å². The fraction of sp³-hybridized carbons (Fsp3) is 0.895. The van der Waals surface area contributed by atoms with Gasteiger partial charge in [0.1, 0.15) is 0 Å². The van der Waals surface area contributed by atoms with Gasteiger partial charge in [-0.15, -0.1) is 0 Å². The van der Waals surface area contributed by atoms with Crippen molar-refractivity contribution in [3.05, 3.63) is 0 Å². The Morgan fingerprint density at radius 3 is 2.50 bits per heavy atom. The summed E-state index contributed by atoms with van der Waals surface area (Å²) in [6.45, 7) is 0.642. The van der Waals surface area contributed by atoms with Gasteiger partial charge in [0.15, 0.2) is 5.96 Å².